The van der Waals surface area contributed by atoms with E-state index in [9.17, 15) is 9.59 Å². The Morgan fingerprint density at radius 3 is 2.48 bits per heavy atom. The molecule has 0 N–H and O–H groups in total. The summed E-state index contributed by atoms with van der Waals surface area (Å²) in [5, 5.41) is 0.322. The van der Waals surface area contributed by atoms with E-state index in [0.717, 1.165) is 18.0 Å². The number of hydrogen-bond acceptors (Lipinski definition) is 5. The third-order valence-corrected chi connectivity index (χ3v) is 5.84. The first-order valence-corrected chi connectivity index (χ1v) is 10.2. The van der Waals surface area contributed by atoms with Crippen molar-refractivity contribution < 1.29 is 14.3 Å². The number of ether oxygens (including phenoxy) is 1. The van der Waals surface area contributed by atoms with E-state index in [1.165, 1.54) is 19.3 Å². The zero-order valence-corrected chi connectivity index (χ0v) is 16.8. The lowest BCUT2D eigenvalue weighted by atomic mass is 10.1. The molecule has 1 saturated heterocycles. The molecule has 0 radical (unpaired) electrons. The minimum Gasteiger partial charge on any atom is -0.451 e. The molecule has 0 saturated carbocycles. The van der Waals surface area contributed by atoms with Crippen LogP contribution in [-0.2, 0) is 4.74 Å². The van der Waals surface area contributed by atoms with Gasteiger partial charge in [0.05, 0.1) is 10.6 Å². The molecule has 0 spiro atoms. The Bertz CT molecular complexity index is 806. The fraction of sp³-hybridized carbons (Fsp3) is 0.333. The predicted octanol–water partition coefficient (Wildman–Crippen LogP) is 5.26. The summed E-state index contributed by atoms with van der Waals surface area (Å²) in [5.41, 5.74) is 0.796. The lowest BCUT2D eigenvalue weighted by molar-refractivity contribution is 0.0318. The van der Waals surface area contributed by atoms with Crippen LogP contribution in [0.2, 0.25) is 5.02 Å². The van der Waals surface area contributed by atoms with Crippen LogP contribution in [0.3, 0.4) is 0 Å². The number of halogens is 1. The third kappa shape index (κ3) is 5.34. The molecule has 1 atom stereocenters. The van der Waals surface area contributed by atoms with E-state index >= 15 is 0 Å². The van der Waals surface area contributed by atoms with Crippen molar-refractivity contribution in [3.05, 3.63) is 64.7 Å². The molecule has 6 heteroatoms. The van der Waals surface area contributed by atoms with Gasteiger partial charge < -0.3 is 4.74 Å². The van der Waals surface area contributed by atoms with Crippen molar-refractivity contribution in [2.24, 2.45) is 0 Å². The molecule has 1 heterocycles. The first-order valence-electron chi connectivity index (χ1n) is 9.07. The fourth-order valence-electron chi connectivity index (χ4n) is 2.94. The van der Waals surface area contributed by atoms with Crippen LogP contribution >= 0.6 is 23.5 Å². The molecule has 2 aromatic carbocycles. The number of carbonyl (C=O) groups is 2. The minimum absolute atomic E-state index is 0.237. The van der Waals surface area contributed by atoms with Crippen LogP contribution < -0.4 is 0 Å². The van der Waals surface area contributed by atoms with Crippen LogP contribution in [0.25, 0.3) is 0 Å². The molecule has 1 aliphatic heterocycles. The van der Waals surface area contributed by atoms with E-state index in [1.807, 2.05) is 12.1 Å². The highest BCUT2D eigenvalue weighted by Gasteiger charge is 2.22. The number of esters is 1. The average molecular weight is 404 g/mol. The predicted molar refractivity (Wildman–Crippen MR) is 108 cm³/mol. The van der Waals surface area contributed by atoms with Crippen molar-refractivity contribution in [1.82, 2.24) is 4.31 Å². The van der Waals surface area contributed by atoms with E-state index in [-0.39, 0.29) is 11.3 Å². The maximum Gasteiger partial charge on any atom is 0.340 e. The van der Waals surface area contributed by atoms with E-state index in [2.05, 4.69) is 4.31 Å². The van der Waals surface area contributed by atoms with Crippen LogP contribution in [0.15, 0.2) is 53.4 Å². The van der Waals surface area contributed by atoms with Crippen LogP contribution in [0.4, 0.5) is 0 Å². The molecule has 4 nitrogen and oxygen atoms in total. The highest BCUT2D eigenvalue weighted by Crippen LogP contribution is 2.30. The summed E-state index contributed by atoms with van der Waals surface area (Å²) in [4.78, 5) is 25.9. The number of piperidine rings is 1. The van der Waals surface area contributed by atoms with E-state index in [1.54, 1.807) is 55.3 Å². The Balaban J connectivity index is 1.68. The summed E-state index contributed by atoms with van der Waals surface area (Å²) in [6.07, 6.45) is 2.76. The van der Waals surface area contributed by atoms with Gasteiger partial charge >= 0.3 is 5.97 Å². The minimum atomic E-state index is -0.880. The van der Waals surface area contributed by atoms with Gasteiger partial charge in [-0.1, -0.05) is 48.4 Å². The number of nitrogens with zero attached hydrogens (tertiary/aromatic N) is 1. The van der Waals surface area contributed by atoms with Gasteiger partial charge in [0.15, 0.2) is 6.10 Å². The van der Waals surface area contributed by atoms with Gasteiger partial charge in [0.2, 0.25) is 5.78 Å². The van der Waals surface area contributed by atoms with Crippen molar-refractivity contribution in [3.8, 4) is 0 Å². The number of benzene rings is 2. The molecule has 142 valence electrons. The van der Waals surface area contributed by atoms with Gasteiger partial charge in [-0.05, 0) is 49.9 Å². The van der Waals surface area contributed by atoms with Crippen LogP contribution in [0.5, 0.6) is 0 Å². The summed E-state index contributed by atoms with van der Waals surface area (Å²) < 4.78 is 7.68. The molecule has 3 rings (SSSR count). The zero-order chi connectivity index (χ0) is 19.2. The molecule has 0 amide bonds. The zero-order valence-electron chi connectivity index (χ0n) is 15.2. The molecule has 0 bridgehead atoms. The Hall–Kier alpha value is -1.82. The number of rotatable bonds is 6. The standard InChI is InChI=1S/C21H22ClNO3S/c1-15(20(24)16-8-4-2-5-9-16)26-21(25)18-14-17(10-11-19(18)22)27-23-12-6-3-7-13-23/h2,4-5,8-11,14-15H,3,6-7,12-13H2,1H3. The van der Waals surface area contributed by atoms with Crippen molar-refractivity contribution in [2.45, 2.75) is 37.2 Å². The molecule has 2 aromatic rings. The van der Waals surface area contributed by atoms with Crippen molar-refractivity contribution in [3.63, 3.8) is 0 Å². The van der Waals surface area contributed by atoms with Gasteiger partial charge in [-0.15, -0.1) is 0 Å². The Morgan fingerprint density at radius 2 is 1.78 bits per heavy atom. The molecular weight excluding hydrogens is 382 g/mol. The largest absolute Gasteiger partial charge is 0.451 e. The topological polar surface area (TPSA) is 46.6 Å². The van der Waals surface area contributed by atoms with Crippen molar-refractivity contribution >= 4 is 35.3 Å². The first-order chi connectivity index (χ1) is 13.0. The molecule has 1 aliphatic rings. The number of ketones is 1. The first kappa shape index (κ1) is 19.9. The second-order valence-electron chi connectivity index (χ2n) is 6.50. The SMILES string of the molecule is CC(OC(=O)c1cc(SN2CCCCC2)ccc1Cl)C(=O)c1ccccc1. The summed E-state index contributed by atoms with van der Waals surface area (Å²) in [6.45, 7) is 3.65. The normalized spacial score (nSPS) is 15.9. The lowest BCUT2D eigenvalue weighted by Gasteiger charge is -2.25. The Kier molecular flexibility index (Phi) is 6.94. The summed E-state index contributed by atoms with van der Waals surface area (Å²) in [6, 6.07) is 14.1. The number of Topliss-reactive ketones (excluding diaryl/α,β-unsaturated/α-hetero) is 1. The van der Waals surface area contributed by atoms with Crippen LogP contribution in [0.1, 0.15) is 46.9 Å². The quantitative estimate of drug-likeness (QED) is 0.374. The molecule has 1 fully saturated rings. The van der Waals surface area contributed by atoms with Gasteiger partial charge in [0, 0.05) is 23.5 Å². The van der Waals surface area contributed by atoms with Gasteiger partial charge in [-0.25, -0.2) is 9.10 Å². The molecule has 1 unspecified atom stereocenters. The second kappa shape index (κ2) is 9.40. The van der Waals surface area contributed by atoms with Crippen molar-refractivity contribution in [1.29, 1.82) is 0 Å². The smallest absolute Gasteiger partial charge is 0.340 e. The Labute approximate surface area is 169 Å². The van der Waals surface area contributed by atoms with Gasteiger partial charge in [-0.3, -0.25) is 4.79 Å². The average Bonchev–Trinajstić information content (AvgIpc) is 2.70. The molecular formula is C21H22ClNO3S. The van der Waals surface area contributed by atoms with E-state index in [0.29, 0.717) is 10.6 Å². The monoisotopic (exact) mass is 403 g/mol. The highest BCUT2D eigenvalue weighted by atomic mass is 35.5. The van der Waals surface area contributed by atoms with Gasteiger partial charge in [0.25, 0.3) is 0 Å². The molecule has 0 aliphatic carbocycles. The molecule has 0 aromatic heterocycles. The Morgan fingerprint density at radius 1 is 1.07 bits per heavy atom. The fourth-order valence-corrected chi connectivity index (χ4v) is 4.17. The van der Waals surface area contributed by atoms with E-state index in [4.69, 9.17) is 16.3 Å². The van der Waals surface area contributed by atoms with Gasteiger partial charge in [-0.2, -0.15) is 0 Å². The van der Waals surface area contributed by atoms with Crippen LogP contribution in [-0.4, -0.2) is 35.3 Å². The van der Waals surface area contributed by atoms with Gasteiger partial charge in [0.1, 0.15) is 0 Å². The summed E-state index contributed by atoms with van der Waals surface area (Å²) in [7, 11) is 0. The summed E-state index contributed by atoms with van der Waals surface area (Å²) >= 11 is 7.83. The second-order valence-corrected chi connectivity index (χ2v) is 8.08. The summed E-state index contributed by atoms with van der Waals surface area (Å²) in [5.74, 6) is -0.822. The van der Waals surface area contributed by atoms with Crippen molar-refractivity contribution in [2.75, 3.05) is 13.1 Å². The number of hydrogen-bond donors (Lipinski definition) is 0. The maximum absolute atomic E-state index is 12.6. The number of carbonyl (C=O) groups excluding carboxylic acids is 2. The molecule has 27 heavy (non-hydrogen) atoms. The highest BCUT2D eigenvalue weighted by molar-refractivity contribution is 7.97. The maximum atomic E-state index is 12.6. The third-order valence-electron chi connectivity index (χ3n) is 4.42. The van der Waals surface area contributed by atoms with E-state index < -0.39 is 12.1 Å². The lowest BCUT2D eigenvalue weighted by Crippen LogP contribution is -2.25. The van der Waals surface area contributed by atoms with Crippen LogP contribution in [0, 0.1) is 0 Å².